The van der Waals surface area contributed by atoms with Crippen LogP contribution in [0.2, 0.25) is 5.02 Å². The average Bonchev–Trinajstić information content (AvgIpc) is 2.35. The van der Waals surface area contributed by atoms with Crippen LogP contribution < -0.4 is 5.32 Å². The third-order valence-electron chi connectivity index (χ3n) is 2.21. The largest absolute Gasteiger partial charge is 0.466 e. The number of carbonyl (C=O) groups is 2. The number of hydrogen-bond acceptors (Lipinski definition) is 3. The van der Waals surface area contributed by atoms with Crippen LogP contribution in [0.4, 0.5) is 0 Å². The average molecular weight is 268 g/mol. The van der Waals surface area contributed by atoms with Crippen LogP contribution in [0.1, 0.15) is 12.5 Å². The van der Waals surface area contributed by atoms with Crippen molar-refractivity contribution in [2.24, 2.45) is 0 Å². The second-order valence-electron chi connectivity index (χ2n) is 3.59. The Morgan fingerprint density at radius 1 is 1.39 bits per heavy atom. The summed E-state index contributed by atoms with van der Waals surface area (Å²) in [7, 11) is 1.29. The maximum Gasteiger partial charge on any atom is 0.335 e. The normalized spacial score (nSPS) is 10.9. The lowest BCUT2D eigenvalue weighted by atomic mass is 10.1. The molecular weight excluding hydrogens is 254 g/mol. The highest BCUT2D eigenvalue weighted by atomic mass is 35.5. The quantitative estimate of drug-likeness (QED) is 0.671. The Morgan fingerprint density at radius 3 is 2.61 bits per heavy atom. The Balaban J connectivity index is 2.98. The Hall–Kier alpha value is -1.81. The van der Waals surface area contributed by atoms with Gasteiger partial charge in [-0.2, -0.15) is 0 Å². The summed E-state index contributed by atoms with van der Waals surface area (Å²) in [6.07, 6.45) is 1.60. The Kier molecular flexibility index (Phi) is 5.39. The molecular formula is C13H14ClNO3. The number of carbonyl (C=O) groups excluding carboxylic acids is 2. The summed E-state index contributed by atoms with van der Waals surface area (Å²) in [5.41, 5.74) is 1.03. The van der Waals surface area contributed by atoms with Gasteiger partial charge in [0.2, 0.25) is 5.91 Å². The third kappa shape index (κ3) is 4.22. The summed E-state index contributed by atoms with van der Waals surface area (Å²) < 4.78 is 4.66. The Bertz CT molecular complexity index is 483. The number of ether oxygens (including phenoxy) is 1. The van der Waals surface area contributed by atoms with Gasteiger partial charge in [0.1, 0.15) is 0 Å². The van der Waals surface area contributed by atoms with Gasteiger partial charge in [-0.05, 0) is 17.7 Å². The van der Waals surface area contributed by atoms with Gasteiger partial charge in [0.05, 0.1) is 12.7 Å². The van der Waals surface area contributed by atoms with Crippen LogP contribution in [-0.4, -0.2) is 25.5 Å². The molecule has 0 fully saturated rings. The molecule has 1 aromatic carbocycles. The fourth-order valence-corrected chi connectivity index (χ4v) is 1.50. The van der Waals surface area contributed by atoms with Crippen molar-refractivity contribution in [1.82, 2.24) is 5.32 Å². The molecule has 0 atom stereocenters. The minimum absolute atomic E-state index is 0.104. The lowest BCUT2D eigenvalue weighted by molar-refractivity contribution is -0.136. The summed E-state index contributed by atoms with van der Waals surface area (Å²) >= 11 is 5.99. The van der Waals surface area contributed by atoms with Gasteiger partial charge in [-0.3, -0.25) is 4.79 Å². The molecule has 18 heavy (non-hydrogen) atoms. The molecule has 0 bridgehead atoms. The van der Waals surface area contributed by atoms with Crippen LogP contribution >= 0.6 is 11.6 Å². The van der Waals surface area contributed by atoms with Gasteiger partial charge in [-0.25, -0.2) is 4.79 Å². The van der Waals surface area contributed by atoms with Crippen molar-refractivity contribution in [1.29, 1.82) is 0 Å². The SMILES string of the molecule is COC(=O)/C(=C/c1ccccc1Cl)CNC(C)=O. The zero-order valence-corrected chi connectivity index (χ0v) is 11.0. The Morgan fingerprint density at radius 2 is 2.06 bits per heavy atom. The molecule has 1 aromatic rings. The van der Waals surface area contributed by atoms with E-state index in [4.69, 9.17) is 11.6 Å². The highest BCUT2D eigenvalue weighted by Gasteiger charge is 2.11. The molecule has 0 unspecified atom stereocenters. The fraction of sp³-hybridized carbons (Fsp3) is 0.231. The van der Waals surface area contributed by atoms with Gasteiger partial charge in [0.15, 0.2) is 0 Å². The minimum Gasteiger partial charge on any atom is -0.466 e. The van der Waals surface area contributed by atoms with Crippen LogP contribution in [0.25, 0.3) is 6.08 Å². The predicted octanol–water partition coefficient (Wildman–Crippen LogP) is 2.03. The first-order chi connectivity index (χ1) is 8.54. The Labute approximate surface area is 111 Å². The number of esters is 1. The van der Waals surface area contributed by atoms with Gasteiger partial charge in [-0.1, -0.05) is 29.8 Å². The van der Waals surface area contributed by atoms with E-state index in [0.717, 1.165) is 0 Å². The number of amides is 1. The number of rotatable bonds is 4. The smallest absolute Gasteiger partial charge is 0.335 e. The molecule has 5 heteroatoms. The van der Waals surface area contributed by atoms with Gasteiger partial charge in [0.25, 0.3) is 0 Å². The monoisotopic (exact) mass is 267 g/mol. The fourth-order valence-electron chi connectivity index (χ4n) is 1.31. The van der Waals surface area contributed by atoms with Crippen molar-refractivity contribution in [2.75, 3.05) is 13.7 Å². The zero-order chi connectivity index (χ0) is 13.5. The molecule has 1 N–H and O–H groups in total. The number of nitrogens with one attached hydrogen (secondary N) is 1. The highest BCUT2D eigenvalue weighted by Crippen LogP contribution is 2.18. The number of benzene rings is 1. The molecule has 0 spiro atoms. The van der Waals surface area contributed by atoms with E-state index in [0.29, 0.717) is 16.2 Å². The van der Waals surface area contributed by atoms with Crippen LogP contribution in [0.3, 0.4) is 0 Å². The first kappa shape index (κ1) is 14.3. The van der Waals surface area contributed by atoms with E-state index in [1.165, 1.54) is 14.0 Å². The second kappa shape index (κ2) is 6.81. The molecule has 0 radical (unpaired) electrons. The van der Waals surface area contributed by atoms with Gasteiger partial charge < -0.3 is 10.1 Å². The van der Waals surface area contributed by atoms with E-state index in [-0.39, 0.29) is 12.5 Å². The molecule has 0 heterocycles. The maximum atomic E-state index is 11.6. The van der Waals surface area contributed by atoms with Crippen LogP contribution in [0, 0.1) is 0 Å². The molecule has 1 rings (SSSR count). The lowest BCUT2D eigenvalue weighted by Crippen LogP contribution is -2.25. The number of hydrogen-bond donors (Lipinski definition) is 1. The van der Waals surface area contributed by atoms with Crippen molar-refractivity contribution >= 4 is 29.6 Å². The van der Waals surface area contributed by atoms with Gasteiger partial charge >= 0.3 is 5.97 Å². The van der Waals surface area contributed by atoms with E-state index >= 15 is 0 Å². The molecule has 0 aliphatic rings. The lowest BCUT2D eigenvalue weighted by Gasteiger charge is -2.07. The van der Waals surface area contributed by atoms with Crippen molar-refractivity contribution in [3.63, 3.8) is 0 Å². The summed E-state index contributed by atoms with van der Waals surface area (Å²) in [6.45, 7) is 1.48. The van der Waals surface area contributed by atoms with Gasteiger partial charge in [0, 0.05) is 18.5 Å². The summed E-state index contributed by atoms with van der Waals surface area (Å²) in [5, 5.41) is 3.08. The molecule has 0 saturated heterocycles. The molecule has 4 nitrogen and oxygen atoms in total. The first-order valence-electron chi connectivity index (χ1n) is 5.32. The zero-order valence-electron chi connectivity index (χ0n) is 10.2. The topological polar surface area (TPSA) is 55.4 Å². The molecule has 1 amide bonds. The standard InChI is InChI=1S/C13H14ClNO3/c1-9(16)15-8-11(13(17)18-2)7-10-5-3-4-6-12(10)14/h3-7H,8H2,1-2H3,(H,15,16)/b11-7+. The number of halogens is 1. The summed E-state index contributed by atoms with van der Waals surface area (Å²) in [6, 6.07) is 7.11. The van der Waals surface area contributed by atoms with E-state index in [1.54, 1.807) is 24.3 Å². The predicted molar refractivity (Wildman–Crippen MR) is 70.1 cm³/mol. The second-order valence-corrected chi connectivity index (χ2v) is 4.00. The third-order valence-corrected chi connectivity index (χ3v) is 2.55. The molecule has 0 saturated carbocycles. The minimum atomic E-state index is -0.497. The van der Waals surface area contributed by atoms with E-state index in [9.17, 15) is 9.59 Å². The van der Waals surface area contributed by atoms with Crippen molar-refractivity contribution in [3.8, 4) is 0 Å². The molecule has 0 aliphatic heterocycles. The van der Waals surface area contributed by atoms with Crippen LogP contribution in [0.5, 0.6) is 0 Å². The van der Waals surface area contributed by atoms with Crippen LogP contribution in [-0.2, 0) is 14.3 Å². The summed E-state index contributed by atoms with van der Waals surface area (Å²) in [4.78, 5) is 22.4. The van der Waals surface area contributed by atoms with Crippen molar-refractivity contribution in [3.05, 3.63) is 40.4 Å². The highest BCUT2D eigenvalue weighted by molar-refractivity contribution is 6.32. The van der Waals surface area contributed by atoms with Gasteiger partial charge in [-0.15, -0.1) is 0 Å². The molecule has 0 aromatic heterocycles. The number of methoxy groups -OCH3 is 1. The van der Waals surface area contributed by atoms with Crippen molar-refractivity contribution < 1.29 is 14.3 Å². The van der Waals surface area contributed by atoms with Crippen molar-refractivity contribution in [2.45, 2.75) is 6.92 Å². The first-order valence-corrected chi connectivity index (χ1v) is 5.70. The van der Waals surface area contributed by atoms with E-state index in [2.05, 4.69) is 10.1 Å². The van der Waals surface area contributed by atoms with E-state index in [1.807, 2.05) is 6.07 Å². The molecule has 0 aliphatic carbocycles. The summed E-state index contributed by atoms with van der Waals surface area (Å²) in [5.74, 6) is -0.715. The molecule has 96 valence electrons. The van der Waals surface area contributed by atoms with E-state index < -0.39 is 5.97 Å². The maximum absolute atomic E-state index is 11.6. The van der Waals surface area contributed by atoms with Crippen LogP contribution in [0.15, 0.2) is 29.8 Å².